The summed E-state index contributed by atoms with van der Waals surface area (Å²) < 4.78 is 10.4. The number of hydrogen-bond acceptors (Lipinski definition) is 3. The second kappa shape index (κ2) is 5.07. The molecule has 1 aliphatic heterocycles. The molecule has 1 aromatic rings. The van der Waals surface area contributed by atoms with Crippen LogP contribution in [0.4, 0.5) is 0 Å². The van der Waals surface area contributed by atoms with Gasteiger partial charge in [0.1, 0.15) is 5.75 Å². The molecule has 0 radical (unpaired) electrons. The summed E-state index contributed by atoms with van der Waals surface area (Å²) in [5, 5.41) is -0.300. The predicted molar refractivity (Wildman–Crippen MR) is 65.6 cm³/mol. The fourth-order valence-corrected chi connectivity index (χ4v) is 2.53. The zero-order valence-corrected chi connectivity index (χ0v) is 10.5. The summed E-state index contributed by atoms with van der Waals surface area (Å²) in [7, 11) is 1.62. The Morgan fingerprint density at radius 1 is 1.29 bits per heavy atom. The van der Waals surface area contributed by atoms with Gasteiger partial charge in [-0.05, 0) is 42.1 Å². The van der Waals surface area contributed by atoms with Crippen molar-refractivity contribution in [1.29, 1.82) is 0 Å². The summed E-state index contributed by atoms with van der Waals surface area (Å²) in [6.07, 6.45) is 1.28. The molecule has 0 N–H and O–H groups in total. The number of carbonyl (C=O) groups excluding carboxylic acids is 1. The minimum absolute atomic E-state index is 0.300. The minimum atomic E-state index is -0.591. The van der Waals surface area contributed by atoms with Gasteiger partial charge in [0.25, 0.3) is 0 Å². The van der Waals surface area contributed by atoms with Crippen molar-refractivity contribution in [1.82, 2.24) is 0 Å². The molecule has 0 aliphatic carbocycles. The molecular weight excluding hydrogens is 240 g/mol. The molecule has 1 fully saturated rings. The van der Waals surface area contributed by atoms with Crippen molar-refractivity contribution in [3.8, 4) is 5.75 Å². The van der Waals surface area contributed by atoms with Crippen LogP contribution in [0.5, 0.6) is 5.75 Å². The Labute approximate surface area is 106 Å². The summed E-state index contributed by atoms with van der Waals surface area (Å²) in [4.78, 5) is 11.8. The second-order valence-corrected chi connectivity index (χ2v) is 4.54. The first-order chi connectivity index (χ1) is 8.19. The SMILES string of the molecule is COc1ccc(C2(C(=O)Cl)CCOCC2)cc1. The maximum atomic E-state index is 11.8. The highest BCUT2D eigenvalue weighted by atomic mass is 35.5. The lowest BCUT2D eigenvalue weighted by Gasteiger charge is -2.34. The van der Waals surface area contributed by atoms with Crippen LogP contribution in [-0.2, 0) is 14.9 Å². The summed E-state index contributed by atoms with van der Waals surface area (Å²) in [5.74, 6) is 0.776. The van der Waals surface area contributed by atoms with Crippen LogP contribution in [0.2, 0.25) is 0 Å². The molecule has 4 heteroatoms. The molecule has 0 bridgehead atoms. The maximum Gasteiger partial charge on any atom is 0.232 e. The largest absolute Gasteiger partial charge is 0.497 e. The van der Waals surface area contributed by atoms with E-state index in [0.29, 0.717) is 26.1 Å². The Kier molecular flexibility index (Phi) is 3.69. The normalized spacial score (nSPS) is 18.7. The van der Waals surface area contributed by atoms with E-state index in [4.69, 9.17) is 21.1 Å². The van der Waals surface area contributed by atoms with Gasteiger partial charge >= 0.3 is 0 Å². The van der Waals surface area contributed by atoms with Crippen LogP contribution in [0.3, 0.4) is 0 Å². The van der Waals surface area contributed by atoms with E-state index in [9.17, 15) is 4.79 Å². The summed E-state index contributed by atoms with van der Waals surface area (Å²) in [5.41, 5.74) is 0.355. The molecular formula is C13H15ClO3. The molecule has 2 rings (SSSR count). The fourth-order valence-electron chi connectivity index (χ4n) is 2.23. The van der Waals surface area contributed by atoms with E-state index < -0.39 is 5.41 Å². The highest BCUT2D eigenvalue weighted by molar-refractivity contribution is 6.65. The fraction of sp³-hybridized carbons (Fsp3) is 0.462. The van der Waals surface area contributed by atoms with E-state index in [1.807, 2.05) is 24.3 Å². The summed E-state index contributed by atoms with van der Waals surface area (Å²) >= 11 is 5.80. The van der Waals surface area contributed by atoms with Gasteiger partial charge in [-0.3, -0.25) is 4.79 Å². The van der Waals surface area contributed by atoms with E-state index in [-0.39, 0.29) is 5.24 Å². The number of rotatable bonds is 3. The van der Waals surface area contributed by atoms with Crippen LogP contribution in [0.15, 0.2) is 24.3 Å². The van der Waals surface area contributed by atoms with E-state index in [2.05, 4.69) is 0 Å². The second-order valence-electron chi connectivity index (χ2n) is 4.20. The van der Waals surface area contributed by atoms with Gasteiger partial charge in [-0.25, -0.2) is 0 Å². The van der Waals surface area contributed by atoms with E-state index in [1.54, 1.807) is 7.11 Å². The zero-order valence-electron chi connectivity index (χ0n) is 9.74. The first-order valence-electron chi connectivity index (χ1n) is 5.61. The average molecular weight is 255 g/mol. The third kappa shape index (κ3) is 2.31. The molecule has 0 spiro atoms. The quantitative estimate of drug-likeness (QED) is 0.778. The third-order valence-corrected chi connectivity index (χ3v) is 3.73. The maximum absolute atomic E-state index is 11.8. The van der Waals surface area contributed by atoms with Crippen LogP contribution >= 0.6 is 11.6 Å². The molecule has 1 saturated heterocycles. The Morgan fingerprint density at radius 2 is 1.88 bits per heavy atom. The van der Waals surface area contributed by atoms with Crippen molar-refractivity contribution in [2.45, 2.75) is 18.3 Å². The van der Waals surface area contributed by atoms with E-state index in [1.165, 1.54) is 0 Å². The van der Waals surface area contributed by atoms with Crippen molar-refractivity contribution < 1.29 is 14.3 Å². The molecule has 0 amide bonds. The number of halogens is 1. The predicted octanol–water partition coefficient (Wildman–Crippen LogP) is 2.51. The number of methoxy groups -OCH3 is 1. The van der Waals surface area contributed by atoms with Gasteiger partial charge in [0.05, 0.1) is 12.5 Å². The van der Waals surface area contributed by atoms with Crippen molar-refractivity contribution in [2.75, 3.05) is 20.3 Å². The molecule has 17 heavy (non-hydrogen) atoms. The van der Waals surface area contributed by atoms with Crippen LogP contribution < -0.4 is 4.74 Å². The number of carbonyl (C=O) groups is 1. The number of ether oxygens (including phenoxy) is 2. The smallest absolute Gasteiger partial charge is 0.232 e. The van der Waals surface area contributed by atoms with E-state index in [0.717, 1.165) is 11.3 Å². The Morgan fingerprint density at radius 3 is 2.35 bits per heavy atom. The van der Waals surface area contributed by atoms with Gasteiger partial charge in [-0.1, -0.05) is 12.1 Å². The average Bonchev–Trinajstić information content (AvgIpc) is 2.39. The van der Waals surface area contributed by atoms with Crippen molar-refractivity contribution in [3.05, 3.63) is 29.8 Å². The van der Waals surface area contributed by atoms with Crippen LogP contribution in [0.1, 0.15) is 18.4 Å². The Bertz CT molecular complexity index is 394. The van der Waals surface area contributed by atoms with Gasteiger partial charge in [0, 0.05) is 13.2 Å². The minimum Gasteiger partial charge on any atom is -0.497 e. The standard InChI is InChI=1S/C13H15ClO3/c1-16-11-4-2-10(3-5-11)13(12(14)15)6-8-17-9-7-13/h2-5H,6-9H2,1H3. The van der Waals surface area contributed by atoms with E-state index >= 15 is 0 Å². The number of benzene rings is 1. The van der Waals surface area contributed by atoms with Gasteiger partial charge in [-0.15, -0.1) is 0 Å². The first-order valence-corrected chi connectivity index (χ1v) is 5.99. The molecule has 1 aromatic carbocycles. The van der Waals surface area contributed by atoms with Crippen molar-refractivity contribution in [2.24, 2.45) is 0 Å². The van der Waals surface area contributed by atoms with Gasteiger partial charge in [0.15, 0.2) is 0 Å². The van der Waals surface area contributed by atoms with Crippen LogP contribution in [-0.4, -0.2) is 25.6 Å². The molecule has 0 unspecified atom stereocenters. The van der Waals surface area contributed by atoms with Crippen LogP contribution in [0, 0.1) is 0 Å². The molecule has 92 valence electrons. The third-order valence-electron chi connectivity index (χ3n) is 3.37. The summed E-state index contributed by atoms with van der Waals surface area (Å²) in [6, 6.07) is 7.52. The van der Waals surface area contributed by atoms with Crippen molar-refractivity contribution in [3.63, 3.8) is 0 Å². The molecule has 1 heterocycles. The molecule has 3 nitrogen and oxygen atoms in total. The highest BCUT2D eigenvalue weighted by Crippen LogP contribution is 2.37. The van der Waals surface area contributed by atoms with Gasteiger partial charge in [-0.2, -0.15) is 0 Å². The van der Waals surface area contributed by atoms with Gasteiger partial charge < -0.3 is 9.47 Å². The Balaban J connectivity index is 2.34. The van der Waals surface area contributed by atoms with Crippen molar-refractivity contribution >= 4 is 16.8 Å². The summed E-state index contributed by atoms with van der Waals surface area (Å²) in [6.45, 7) is 1.15. The topological polar surface area (TPSA) is 35.5 Å². The van der Waals surface area contributed by atoms with Crippen LogP contribution in [0.25, 0.3) is 0 Å². The Hall–Kier alpha value is -1.06. The molecule has 0 aromatic heterocycles. The molecule has 0 saturated carbocycles. The number of hydrogen-bond donors (Lipinski definition) is 0. The lowest BCUT2D eigenvalue weighted by molar-refractivity contribution is -0.120. The lowest BCUT2D eigenvalue weighted by Crippen LogP contribution is -2.39. The zero-order chi connectivity index (χ0) is 12.3. The molecule has 0 atom stereocenters. The lowest BCUT2D eigenvalue weighted by atomic mass is 9.75. The highest BCUT2D eigenvalue weighted by Gasteiger charge is 2.40. The first kappa shape index (κ1) is 12.4. The molecule has 1 aliphatic rings. The van der Waals surface area contributed by atoms with Gasteiger partial charge in [0.2, 0.25) is 5.24 Å². The monoisotopic (exact) mass is 254 g/mol.